The summed E-state index contributed by atoms with van der Waals surface area (Å²) in [5.41, 5.74) is -0.764. The molecule has 1 amide bonds. The summed E-state index contributed by atoms with van der Waals surface area (Å²) in [5.74, 6) is 2.32. The van der Waals surface area contributed by atoms with E-state index in [1.807, 2.05) is 6.92 Å². The summed E-state index contributed by atoms with van der Waals surface area (Å²) in [6.45, 7) is 6.54. The fourth-order valence-electron chi connectivity index (χ4n) is 3.46. The molecule has 0 bridgehead atoms. The number of amides is 1. The molecule has 0 aromatic rings. The lowest BCUT2D eigenvalue weighted by molar-refractivity contribution is -0.124. The minimum absolute atomic E-state index is 0.182. The van der Waals surface area contributed by atoms with Gasteiger partial charge in [0.25, 0.3) is 0 Å². The van der Waals surface area contributed by atoms with Crippen molar-refractivity contribution in [3.63, 3.8) is 0 Å². The van der Waals surface area contributed by atoms with Crippen LogP contribution in [0.15, 0.2) is 0 Å². The topological polar surface area (TPSA) is 49.3 Å². The van der Waals surface area contributed by atoms with E-state index in [0.717, 1.165) is 12.8 Å². The fraction of sp³-hybridized carbons (Fsp3) is 0.938. The Morgan fingerprint density at radius 2 is 1.89 bits per heavy atom. The Morgan fingerprint density at radius 1 is 1.32 bits per heavy atom. The minimum atomic E-state index is -0.764. The van der Waals surface area contributed by atoms with Crippen LogP contribution in [0.3, 0.4) is 0 Å². The van der Waals surface area contributed by atoms with Crippen LogP contribution in [0, 0.1) is 23.7 Å². The van der Waals surface area contributed by atoms with Crippen LogP contribution in [0.5, 0.6) is 0 Å². The molecule has 19 heavy (non-hydrogen) atoms. The molecule has 2 aliphatic carbocycles. The Kier molecular flexibility index (Phi) is 4.54. The summed E-state index contributed by atoms with van der Waals surface area (Å²) in [6.07, 6.45) is 6.78. The fourth-order valence-corrected chi connectivity index (χ4v) is 3.46. The lowest BCUT2D eigenvalue weighted by atomic mass is 9.95. The zero-order valence-electron chi connectivity index (χ0n) is 12.6. The molecule has 3 heteroatoms. The van der Waals surface area contributed by atoms with Gasteiger partial charge >= 0.3 is 0 Å². The average Bonchev–Trinajstić information content (AvgIpc) is 3.08. The highest BCUT2D eigenvalue weighted by Gasteiger charge is 2.54. The summed E-state index contributed by atoms with van der Waals surface area (Å²) < 4.78 is 0. The minimum Gasteiger partial charge on any atom is -0.388 e. The van der Waals surface area contributed by atoms with Crippen molar-refractivity contribution in [2.45, 2.75) is 64.9 Å². The van der Waals surface area contributed by atoms with E-state index in [4.69, 9.17) is 0 Å². The van der Waals surface area contributed by atoms with E-state index >= 15 is 0 Å². The molecule has 0 saturated heterocycles. The maximum Gasteiger partial charge on any atom is 0.223 e. The Hall–Kier alpha value is -0.570. The lowest BCUT2D eigenvalue weighted by Gasteiger charge is -2.24. The van der Waals surface area contributed by atoms with E-state index in [1.165, 1.54) is 25.7 Å². The maximum atomic E-state index is 12.1. The van der Waals surface area contributed by atoms with Gasteiger partial charge in [-0.1, -0.05) is 26.7 Å². The summed E-state index contributed by atoms with van der Waals surface area (Å²) in [6, 6.07) is 0. The van der Waals surface area contributed by atoms with Gasteiger partial charge in [0.1, 0.15) is 0 Å². The quantitative estimate of drug-likeness (QED) is 0.777. The molecular weight excluding hydrogens is 238 g/mol. The van der Waals surface area contributed by atoms with Crippen molar-refractivity contribution in [1.29, 1.82) is 0 Å². The third-order valence-corrected chi connectivity index (χ3v) is 4.86. The van der Waals surface area contributed by atoms with Crippen molar-refractivity contribution in [2.75, 3.05) is 6.54 Å². The highest BCUT2D eigenvalue weighted by atomic mass is 16.3. The second-order valence-electron chi connectivity index (χ2n) is 7.29. The zero-order valence-corrected chi connectivity index (χ0v) is 12.6. The first-order valence-electron chi connectivity index (χ1n) is 7.91. The smallest absolute Gasteiger partial charge is 0.223 e. The van der Waals surface area contributed by atoms with Crippen molar-refractivity contribution in [1.82, 2.24) is 5.32 Å². The van der Waals surface area contributed by atoms with Gasteiger partial charge < -0.3 is 10.4 Å². The van der Waals surface area contributed by atoms with E-state index < -0.39 is 5.60 Å². The standard InChI is InChI=1S/C16H29NO2/c1-11(2)8-9-16(3,19)10-17-15(18)14-12-6-4-5-7-13(12)14/h11-14,19H,4-10H2,1-3H3,(H,17,18). The molecule has 2 saturated carbocycles. The highest BCUT2D eigenvalue weighted by molar-refractivity contribution is 5.82. The Morgan fingerprint density at radius 3 is 2.42 bits per heavy atom. The Balaban J connectivity index is 1.71. The molecule has 3 atom stereocenters. The van der Waals surface area contributed by atoms with Crippen LogP contribution in [0.4, 0.5) is 0 Å². The molecule has 2 fully saturated rings. The molecule has 2 N–H and O–H groups in total. The van der Waals surface area contributed by atoms with Crippen LogP contribution < -0.4 is 5.32 Å². The molecule has 0 radical (unpaired) electrons. The molecule has 110 valence electrons. The van der Waals surface area contributed by atoms with Gasteiger partial charge in [-0.3, -0.25) is 4.79 Å². The summed E-state index contributed by atoms with van der Waals surface area (Å²) in [5, 5.41) is 13.2. The largest absolute Gasteiger partial charge is 0.388 e. The van der Waals surface area contributed by atoms with Gasteiger partial charge in [0.05, 0.1) is 5.60 Å². The van der Waals surface area contributed by atoms with Crippen LogP contribution >= 0.6 is 0 Å². The first-order valence-corrected chi connectivity index (χ1v) is 7.91. The molecule has 0 spiro atoms. The number of carbonyl (C=O) groups excluding carboxylic acids is 1. The normalized spacial score (nSPS) is 32.6. The summed E-state index contributed by atoms with van der Waals surface area (Å²) >= 11 is 0. The first kappa shape index (κ1) is 14.8. The molecule has 2 rings (SSSR count). The molecule has 0 heterocycles. The van der Waals surface area contributed by atoms with E-state index in [2.05, 4.69) is 19.2 Å². The maximum absolute atomic E-state index is 12.1. The van der Waals surface area contributed by atoms with Crippen LogP contribution in [0.1, 0.15) is 59.3 Å². The second-order valence-corrected chi connectivity index (χ2v) is 7.29. The first-order chi connectivity index (χ1) is 8.91. The van der Waals surface area contributed by atoms with Gasteiger partial charge in [-0.25, -0.2) is 0 Å². The van der Waals surface area contributed by atoms with Gasteiger partial charge in [0, 0.05) is 12.5 Å². The molecule has 2 aliphatic rings. The molecule has 0 aromatic heterocycles. The summed E-state index contributed by atoms with van der Waals surface area (Å²) in [7, 11) is 0. The second kappa shape index (κ2) is 5.82. The van der Waals surface area contributed by atoms with Crippen molar-refractivity contribution < 1.29 is 9.90 Å². The van der Waals surface area contributed by atoms with Crippen molar-refractivity contribution in [3.05, 3.63) is 0 Å². The van der Waals surface area contributed by atoms with E-state index in [9.17, 15) is 9.90 Å². The number of hydrogen-bond acceptors (Lipinski definition) is 2. The third kappa shape index (κ3) is 3.95. The van der Waals surface area contributed by atoms with Gasteiger partial charge in [0.2, 0.25) is 5.91 Å². The molecule has 3 unspecified atom stereocenters. The predicted molar refractivity (Wildman–Crippen MR) is 76.6 cm³/mol. The Labute approximate surface area is 117 Å². The number of nitrogens with one attached hydrogen (secondary N) is 1. The van der Waals surface area contributed by atoms with Crippen molar-refractivity contribution >= 4 is 5.91 Å². The molecule has 0 aromatic carbocycles. The van der Waals surface area contributed by atoms with Gasteiger partial charge in [0.15, 0.2) is 0 Å². The van der Waals surface area contributed by atoms with Crippen molar-refractivity contribution in [2.24, 2.45) is 23.7 Å². The number of fused-ring (bicyclic) bond motifs is 1. The van der Waals surface area contributed by atoms with Crippen LogP contribution in [0.2, 0.25) is 0 Å². The van der Waals surface area contributed by atoms with Crippen molar-refractivity contribution in [3.8, 4) is 0 Å². The summed E-state index contributed by atoms with van der Waals surface area (Å²) in [4.78, 5) is 12.1. The number of carbonyl (C=O) groups is 1. The highest BCUT2D eigenvalue weighted by Crippen LogP contribution is 2.55. The SMILES string of the molecule is CC(C)CCC(C)(O)CNC(=O)C1C2CCCCC21. The molecular formula is C16H29NO2. The molecule has 3 nitrogen and oxygen atoms in total. The average molecular weight is 267 g/mol. The number of rotatable bonds is 6. The van der Waals surface area contributed by atoms with Gasteiger partial charge in [-0.15, -0.1) is 0 Å². The predicted octanol–water partition coefficient (Wildman–Crippen LogP) is 2.73. The number of aliphatic hydroxyl groups is 1. The van der Waals surface area contributed by atoms with E-state index in [-0.39, 0.29) is 11.8 Å². The lowest BCUT2D eigenvalue weighted by Crippen LogP contribution is -2.41. The Bertz CT molecular complexity index is 313. The number of hydrogen-bond donors (Lipinski definition) is 2. The zero-order chi connectivity index (χ0) is 14.0. The van der Waals surface area contributed by atoms with Crippen LogP contribution in [-0.2, 0) is 4.79 Å². The third-order valence-electron chi connectivity index (χ3n) is 4.86. The van der Waals surface area contributed by atoms with Crippen LogP contribution in [-0.4, -0.2) is 23.2 Å². The van der Waals surface area contributed by atoms with E-state index in [0.29, 0.717) is 24.3 Å². The van der Waals surface area contributed by atoms with Gasteiger partial charge in [-0.05, 0) is 50.4 Å². The monoisotopic (exact) mass is 267 g/mol. The van der Waals surface area contributed by atoms with Gasteiger partial charge in [-0.2, -0.15) is 0 Å². The van der Waals surface area contributed by atoms with Crippen LogP contribution in [0.25, 0.3) is 0 Å². The van der Waals surface area contributed by atoms with E-state index in [1.54, 1.807) is 0 Å². The molecule has 0 aliphatic heterocycles.